The van der Waals surface area contributed by atoms with Gasteiger partial charge in [0.1, 0.15) is 6.33 Å². The Hall–Kier alpha value is -4.35. The van der Waals surface area contributed by atoms with E-state index in [0.717, 1.165) is 16.9 Å². The van der Waals surface area contributed by atoms with Crippen molar-refractivity contribution in [2.45, 2.75) is 18.0 Å². The number of imidazole rings is 1. The Morgan fingerprint density at radius 1 is 0.973 bits per heavy atom. The first-order chi connectivity index (χ1) is 17.8. The minimum absolute atomic E-state index is 0.0399. The molecule has 5 aromatic rings. The third-order valence-electron chi connectivity index (χ3n) is 5.79. The SMILES string of the molecule is CN(Cc1ccccn1)c1nc(Nc2ccc(S(C)(=O)=O)cc2)c2ncn(-c3ccc(CO)cc3)c2n1. The zero-order valence-corrected chi connectivity index (χ0v) is 21.1. The van der Waals surface area contributed by atoms with Gasteiger partial charge in [0.25, 0.3) is 0 Å². The molecule has 0 saturated heterocycles. The number of aliphatic hydroxyl groups excluding tert-OH is 1. The molecule has 2 aromatic carbocycles. The van der Waals surface area contributed by atoms with Crippen LogP contribution in [0.1, 0.15) is 11.3 Å². The molecule has 2 N–H and O–H groups in total. The second kappa shape index (κ2) is 9.96. The predicted octanol–water partition coefficient (Wildman–Crippen LogP) is 3.49. The molecule has 0 atom stereocenters. The van der Waals surface area contributed by atoms with E-state index < -0.39 is 9.84 Å². The lowest BCUT2D eigenvalue weighted by molar-refractivity contribution is 0.282. The highest BCUT2D eigenvalue weighted by Gasteiger charge is 2.18. The van der Waals surface area contributed by atoms with Crippen LogP contribution in [0, 0.1) is 0 Å². The molecule has 0 amide bonds. The van der Waals surface area contributed by atoms with E-state index in [4.69, 9.17) is 9.97 Å². The number of rotatable bonds is 8. The zero-order valence-electron chi connectivity index (χ0n) is 20.3. The Balaban J connectivity index is 1.58. The molecule has 3 aromatic heterocycles. The maximum absolute atomic E-state index is 11.8. The van der Waals surface area contributed by atoms with Gasteiger partial charge < -0.3 is 15.3 Å². The molecular weight excluding hydrogens is 490 g/mol. The monoisotopic (exact) mass is 515 g/mol. The first kappa shape index (κ1) is 24.3. The van der Waals surface area contributed by atoms with E-state index in [0.29, 0.717) is 35.2 Å². The Kier molecular flexibility index (Phi) is 6.55. The zero-order chi connectivity index (χ0) is 26.0. The summed E-state index contributed by atoms with van der Waals surface area (Å²) in [5, 5.41) is 12.7. The minimum atomic E-state index is -3.30. The van der Waals surface area contributed by atoms with Crippen molar-refractivity contribution < 1.29 is 13.5 Å². The summed E-state index contributed by atoms with van der Waals surface area (Å²) >= 11 is 0. The molecule has 0 bridgehead atoms. The average Bonchev–Trinajstić information content (AvgIpc) is 3.33. The van der Waals surface area contributed by atoms with Crippen molar-refractivity contribution >= 4 is 38.5 Å². The fourth-order valence-corrected chi connectivity index (χ4v) is 4.46. The molecule has 0 aliphatic rings. The Morgan fingerprint density at radius 2 is 1.73 bits per heavy atom. The molecule has 0 saturated carbocycles. The molecule has 0 spiro atoms. The van der Waals surface area contributed by atoms with E-state index in [1.807, 2.05) is 59.0 Å². The van der Waals surface area contributed by atoms with Crippen molar-refractivity contribution in [1.29, 1.82) is 0 Å². The summed E-state index contributed by atoms with van der Waals surface area (Å²) in [7, 11) is -1.42. The maximum atomic E-state index is 11.8. The molecule has 0 aliphatic heterocycles. The quantitative estimate of drug-likeness (QED) is 0.319. The van der Waals surface area contributed by atoms with Crippen LogP contribution < -0.4 is 10.2 Å². The van der Waals surface area contributed by atoms with Gasteiger partial charge in [-0.25, -0.2) is 13.4 Å². The van der Waals surface area contributed by atoms with Crippen LogP contribution in [0.5, 0.6) is 0 Å². The Bertz CT molecular complexity index is 1640. The number of fused-ring (bicyclic) bond motifs is 1. The first-order valence-electron chi connectivity index (χ1n) is 11.5. The molecule has 11 heteroatoms. The van der Waals surface area contributed by atoms with E-state index in [-0.39, 0.29) is 11.5 Å². The molecule has 188 valence electrons. The van der Waals surface area contributed by atoms with Gasteiger partial charge in [0.05, 0.1) is 23.7 Å². The van der Waals surface area contributed by atoms with Crippen LogP contribution in [0.2, 0.25) is 0 Å². The Labute approximate surface area is 214 Å². The van der Waals surface area contributed by atoms with E-state index in [2.05, 4.69) is 15.3 Å². The maximum Gasteiger partial charge on any atom is 0.229 e. The number of nitrogens with one attached hydrogen (secondary N) is 1. The lowest BCUT2D eigenvalue weighted by Gasteiger charge is -2.18. The van der Waals surface area contributed by atoms with E-state index in [1.54, 1.807) is 36.8 Å². The highest BCUT2D eigenvalue weighted by Crippen LogP contribution is 2.28. The van der Waals surface area contributed by atoms with Crippen molar-refractivity contribution in [3.8, 4) is 5.69 Å². The smallest absolute Gasteiger partial charge is 0.229 e. The number of anilines is 3. The number of hydrogen-bond acceptors (Lipinski definition) is 9. The van der Waals surface area contributed by atoms with Crippen LogP contribution in [0.25, 0.3) is 16.9 Å². The molecule has 0 fully saturated rings. The van der Waals surface area contributed by atoms with Crippen LogP contribution in [0.4, 0.5) is 17.5 Å². The molecule has 0 aliphatic carbocycles. The van der Waals surface area contributed by atoms with Crippen LogP contribution in [0.15, 0.2) is 84.1 Å². The van der Waals surface area contributed by atoms with Gasteiger partial charge in [-0.15, -0.1) is 0 Å². The summed E-state index contributed by atoms with van der Waals surface area (Å²) in [6.07, 6.45) is 4.59. The lowest BCUT2D eigenvalue weighted by Crippen LogP contribution is -2.20. The van der Waals surface area contributed by atoms with Crippen molar-refractivity contribution in [3.63, 3.8) is 0 Å². The summed E-state index contributed by atoms with van der Waals surface area (Å²) in [6, 6.07) is 19.7. The van der Waals surface area contributed by atoms with Gasteiger partial charge in [0.15, 0.2) is 26.8 Å². The largest absolute Gasteiger partial charge is 0.392 e. The fourth-order valence-electron chi connectivity index (χ4n) is 3.82. The lowest BCUT2D eigenvalue weighted by atomic mass is 10.2. The number of hydrogen-bond donors (Lipinski definition) is 2. The van der Waals surface area contributed by atoms with Crippen molar-refractivity contribution in [3.05, 3.63) is 90.5 Å². The molecule has 0 unspecified atom stereocenters. The fraction of sp³-hybridized carbons (Fsp3) is 0.154. The number of sulfone groups is 1. The average molecular weight is 516 g/mol. The van der Waals surface area contributed by atoms with Crippen LogP contribution in [-0.4, -0.2) is 51.3 Å². The molecular formula is C26H25N7O3S. The molecule has 5 rings (SSSR count). The number of aromatic nitrogens is 5. The standard InChI is InChI=1S/C26H25N7O3S/c1-32(15-20-5-3-4-14-27-20)26-30-24(29-19-8-12-22(13-9-19)37(2,35)36)23-25(31-26)33(17-28-23)21-10-6-18(16-34)7-11-21/h3-14,17,34H,15-16H2,1-2H3,(H,29,30,31). The summed E-state index contributed by atoms with van der Waals surface area (Å²) in [6.45, 7) is 0.454. The van der Waals surface area contributed by atoms with Crippen molar-refractivity contribution in [2.24, 2.45) is 0 Å². The summed E-state index contributed by atoms with van der Waals surface area (Å²) in [5.74, 6) is 0.938. The van der Waals surface area contributed by atoms with Gasteiger partial charge in [-0.3, -0.25) is 9.55 Å². The van der Waals surface area contributed by atoms with E-state index in [1.165, 1.54) is 6.26 Å². The molecule has 0 radical (unpaired) electrons. The third kappa shape index (κ3) is 5.27. The normalized spacial score (nSPS) is 11.5. The minimum Gasteiger partial charge on any atom is -0.392 e. The van der Waals surface area contributed by atoms with Gasteiger partial charge in [0, 0.05) is 30.9 Å². The third-order valence-corrected chi connectivity index (χ3v) is 6.92. The summed E-state index contributed by atoms with van der Waals surface area (Å²) in [5.41, 5.74) is 4.30. The van der Waals surface area contributed by atoms with Gasteiger partial charge in [-0.05, 0) is 54.1 Å². The van der Waals surface area contributed by atoms with E-state index in [9.17, 15) is 13.5 Å². The Morgan fingerprint density at radius 3 is 2.38 bits per heavy atom. The van der Waals surface area contributed by atoms with Crippen LogP contribution in [0.3, 0.4) is 0 Å². The number of aliphatic hydroxyl groups is 1. The first-order valence-corrected chi connectivity index (χ1v) is 13.3. The number of benzene rings is 2. The summed E-state index contributed by atoms with van der Waals surface area (Å²) < 4.78 is 25.5. The van der Waals surface area contributed by atoms with Crippen molar-refractivity contribution in [1.82, 2.24) is 24.5 Å². The van der Waals surface area contributed by atoms with Crippen molar-refractivity contribution in [2.75, 3.05) is 23.5 Å². The number of nitrogens with zero attached hydrogens (tertiary/aromatic N) is 6. The molecule has 3 heterocycles. The second-order valence-corrected chi connectivity index (χ2v) is 10.6. The molecule has 10 nitrogen and oxygen atoms in total. The highest BCUT2D eigenvalue weighted by molar-refractivity contribution is 7.90. The highest BCUT2D eigenvalue weighted by atomic mass is 32.2. The van der Waals surface area contributed by atoms with Gasteiger partial charge in [-0.1, -0.05) is 18.2 Å². The number of pyridine rings is 1. The van der Waals surface area contributed by atoms with Gasteiger partial charge >= 0.3 is 0 Å². The van der Waals surface area contributed by atoms with Crippen LogP contribution >= 0.6 is 0 Å². The topological polar surface area (TPSA) is 126 Å². The van der Waals surface area contributed by atoms with Gasteiger partial charge in [0.2, 0.25) is 5.95 Å². The summed E-state index contributed by atoms with van der Waals surface area (Å²) in [4.78, 5) is 20.7. The second-order valence-electron chi connectivity index (χ2n) is 8.58. The molecule has 37 heavy (non-hydrogen) atoms. The van der Waals surface area contributed by atoms with Gasteiger partial charge in [-0.2, -0.15) is 9.97 Å². The predicted molar refractivity (Wildman–Crippen MR) is 142 cm³/mol. The van der Waals surface area contributed by atoms with E-state index >= 15 is 0 Å². The van der Waals surface area contributed by atoms with Crippen LogP contribution in [-0.2, 0) is 23.0 Å².